The molecule has 0 aliphatic carbocycles. The average Bonchev–Trinajstić information content (AvgIpc) is 2.86. The van der Waals surface area contributed by atoms with Gasteiger partial charge in [0.2, 0.25) is 5.79 Å². The van der Waals surface area contributed by atoms with Gasteiger partial charge in [-0.25, -0.2) is 4.79 Å². The maximum atomic E-state index is 13.5. The Labute approximate surface area is 218 Å². The van der Waals surface area contributed by atoms with Gasteiger partial charge in [-0.3, -0.25) is 4.79 Å². The number of benzene rings is 3. The Bertz CT molecular complexity index is 1220. The third-order valence-corrected chi connectivity index (χ3v) is 6.46. The van der Waals surface area contributed by atoms with Crippen LogP contribution in [0.25, 0.3) is 11.1 Å². The molecular formula is C30H32ClNO4. The molecule has 0 radical (unpaired) electrons. The van der Waals surface area contributed by atoms with Crippen LogP contribution >= 0.6 is 11.6 Å². The molecule has 0 fully saturated rings. The van der Waals surface area contributed by atoms with Gasteiger partial charge in [0, 0.05) is 37.5 Å². The Kier molecular flexibility index (Phi) is 8.00. The topological polar surface area (TPSA) is 55.8 Å². The van der Waals surface area contributed by atoms with Gasteiger partial charge in [0.25, 0.3) is 5.91 Å². The molecule has 0 bridgehead atoms. The standard InChI is InChI=1S/C30H32ClNO4/c1-4-5-6-7-18-32(20-21-8-17-27-26(19-21)29(34)36-30(2,3)35-27)28(33)24-11-9-22(10-12-24)23-13-15-25(31)16-14-23/h8-17,19H,4-7,18,20H2,1-3H3. The van der Waals surface area contributed by atoms with Gasteiger partial charge in [-0.2, -0.15) is 0 Å². The number of fused-ring (bicyclic) bond motifs is 1. The first kappa shape index (κ1) is 25.8. The van der Waals surface area contributed by atoms with Crippen molar-refractivity contribution in [3.05, 3.63) is 88.4 Å². The van der Waals surface area contributed by atoms with Crippen LogP contribution in [-0.2, 0) is 11.3 Å². The van der Waals surface area contributed by atoms with Crippen LogP contribution < -0.4 is 4.74 Å². The first-order valence-corrected chi connectivity index (χ1v) is 12.8. The summed E-state index contributed by atoms with van der Waals surface area (Å²) in [6.07, 6.45) is 4.25. The second-order valence-electron chi connectivity index (χ2n) is 9.59. The van der Waals surface area contributed by atoms with Crippen molar-refractivity contribution in [2.45, 2.75) is 58.8 Å². The van der Waals surface area contributed by atoms with E-state index in [0.29, 0.717) is 35.0 Å². The van der Waals surface area contributed by atoms with E-state index in [4.69, 9.17) is 21.1 Å². The van der Waals surface area contributed by atoms with Gasteiger partial charge in [-0.15, -0.1) is 0 Å². The Morgan fingerprint density at radius 2 is 1.56 bits per heavy atom. The van der Waals surface area contributed by atoms with Gasteiger partial charge in [0.1, 0.15) is 11.3 Å². The first-order valence-electron chi connectivity index (χ1n) is 12.5. The number of halogens is 1. The highest BCUT2D eigenvalue weighted by molar-refractivity contribution is 6.30. The van der Waals surface area contributed by atoms with Crippen molar-refractivity contribution in [2.75, 3.05) is 6.54 Å². The molecule has 188 valence electrons. The zero-order chi connectivity index (χ0) is 25.7. The molecule has 4 rings (SSSR count). The summed E-state index contributed by atoms with van der Waals surface area (Å²) in [5.41, 5.74) is 3.94. The summed E-state index contributed by atoms with van der Waals surface area (Å²) in [4.78, 5) is 27.9. The number of unbranched alkanes of at least 4 members (excludes halogenated alkanes) is 3. The zero-order valence-corrected chi connectivity index (χ0v) is 21.8. The Hall–Kier alpha value is -3.31. The van der Waals surface area contributed by atoms with E-state index in [9.17, 15) is 9.59 Å². The Balaban J connectivity index is 1.53. The van der Waals surface area contributed by atoms with Crippen LogP contribution in [0.4, 0.5) is 0 Å². The van der Waals surface area contributed by atoms with Crippen LogP contribution in [0.2, 0.25) is 5.02 Å². The van der Waals surface area contributed by atoms with Crippen molar-refractivity contribution < 1.29 is 19.1 Å². The zero-order valence-electron chi connectivity index (χ0n) is 21.1. The van der Waals surface area contributed by atoms with E-state index in [1.165, 1.54) is 0 Å². The van der Waals surface area contributed by atoms with Crippen LogP contribution in [0.1, 0.15) is 72.7 Å². The minimum absolute atomic E-state index is 0.0353. The minimum atomic E-state index is -0.995. The van der Waals surface area contributed by atoms with E-state index >= 15 is 0 Å². The monoisotopic (exact) mass is 505 g/mol. The molecule has 1 amide bonds. The third kappa shape index (κ3) is 6.27. The van der Waals surface area contributed by atoms with Gasteiger partial charge in [0.05, 0.1) is 0 Å². The number of hydrogen-bond donors (Lipinski definition) is 0. The molecule has 3 aromatic carbocycles. The summed E-state index contributed by atoms with van der Waals surface area (Å²) >= 11 is 6.01. The van der Waals surface area contributed by atoms with Crippen LogP contribution in [0.5, 0.6) is 5.75 Å². The molecule has 0 aromatic heterocycles. The number of esters is 1. The molecule has 0 unspecified atom stereocenters. The fourth-order valence-corrected chi connectivity index (χ4v) is 4.45. The fraction of sp³-hybridized carbons (Fsp3) is 0.333. The van der Waals surface area contributed by atoms with Gasteiger partial charge < -0.3 is 14.4 Å². The molecule has 36 heavy (non-hydrogen) atoms. The van der Waals surface area contributed by atoms with Gasteiger partial charge in [-0.05, 0) is 59.5 Å². The summed E-state index contributed by atoms with van der Waals surface area (Å²) < 4.78 is 11.2. The van der Waals surface area contributed by atoms with Crippen molar-refractivity contribution in [3.63, 3.8) is 0 Å². The van der Waals surface area contributed by atoms with Crippen molar-refractivity contribution in [1.82, 2.24) is 4.90 Å². The quantitative estimate of drug-likeness (QED) is 0.223. The smallest absolute Gasteiger partial charge is 0.345 e. The highest BCUT2D eigenvalue weighted by Gasteiger charge is 2.34. The molecule has 5 nitrogen and oxygen atoms in total. The number of amides is 1. The first-order chi connectivity index (χ1) is 17.3. The normalized spacial score (nSPS) is 13.9. The lowest BCUT2D eigenvalue weighted by atomic mass is 10.0. The number of rotatable bonds is 9. The summed E-state index contributed by atoms with van der Waals surface area (Å²) in [7, 11) is 0. The minimum Gasteiger partial charge on any atom is -0.452 e. The van der Waals surface area contributed by atoms with E-state index < -0.39 is 11.8 Å². The molecule has 0 spiro atoms. The van der Waals surface area contributed by atoms with Crippen LogP contribution in [-0.4, -0.2) is 29.1 Å². The molecule has 1 heterocycles. The predicted molar refractivity (Wildman–Crippen MR) is 142 cm³/mol. The molecule has 0 N–H and O–H groups in total. The summed E-state index contributed by atoms with van der Waals surface area (Å²) in [5.74, 6) is -0.947. The molecule has 0 saturated heterocycles. The second kappa shape index (κ2) is 11.2. The molecule has 1 aliphatic rings. The Morgan fingerprint density at radius 3 is 2.22 bits per heavy atom. The molecule has 6 heteroatoms. The third-order valence-electron chi connectivity index (χ3n) is 6.21. The van der Waals surface area contributed by atoms with Gasteiger partial charge in [0.15, 0.2) is 0 Å². The number of ether oxygens (including phenoxy) is 2. The predicted octanol–water partition coefficient (Wildman–Crippen LogP) is 7.52. The van der Waals surface area contributed by atoms with Crippen molar-refractivity contribution in [2.24, 2.45) is 0 Å². The number of nitrogens with zero attached hydrogens (tertiary/aromatic N) is 1. The highest BCUT2D eigenvalue weighted by atomic mass is 35.5. The second-order valence-corrected chi connectivity index (χ2v) is 10.0. The SMILES string of the molecule is CCCCCCN(Cc1ccc2c(c1)C(=O)OC(C)(C)O2)C(=O)c1ccc(-c2ccc(Cl)cc2)cc1. The number of carbonyl (C=O) groups is 2. The fourth-order valence-electron chi connectivity index (χ4n) is 4.32. The number of hydrogen-bond acceptors (Lipinski definition) is 4. The molecule has 0 saturated carbocycles. The van der Waals surface area contributed by atoms with Crippen molar-refractivity contribution in [1.29, 1.82) is 0 Å². The van der Waals surface area contributed by atoms with Crippen LogP contribution in [0.15, 0.2) is 66.7 Å². The maximum absolute atomic E-state index is 13.5. The number of cyclic esters (lactones) is 1. The van der Waals surface area contributed by atoms with E-state index in [1.54, 1.807) is 26.0 Å². The highest BCUT2D eigenvalue weighted by Crippen LogP contribution is 2.32. The van der Waals surface area contributed by atoms with E-state index in [2.05, 4.69) is 6.92 Å². The average molecular weight is 506 g/mol. The van der Waals surface area contributed by atoms with E-state index in [1.807, 2.05) is 59.5 Å². The van der Waals surface area contributed by atoms with E-state index in [-0.39, 0.29) is 5.91 Å². The lowest BCUT2D eigenvalue weighted by Crippen LogP contribution is -2.39. The number of carbonyl (C=O) groups excluding carboxylic acids is 2. The summed E-state index contributed by atoms with van der Waals surface area (Å²) in [6.45, 7) is 6.62. The molecular weight excluding hydrogens is 474 g/mol. The maximum Gasteiger partial charge on any atom is 0.345 e. The van der Waals surface area contributed by atoms with Crippen LogP contribution in [0, 0.1) is 0 Å². The summed E-state index contributed by atoms with van der Waals surface area (Å²) in [6, 6.07) is 20.7. The van der Waals surface area contributed by atoms with Gasteiger partial charge in [-0.1, -0.05) is 68.1 Å². The van der Waals surface area contributed by atoms with E-state index in [0.717, 1.165) is 42.4 Å². The largest absolute Gasteiger partial charge is 0.452 e. The molecule has 0 atom stereocenters. The Morgan fingerprint density at radius 1 is 0.889 bits per heavy atom. The van der Waals surface area contributed by atoms with Crippen molar-refractivity contribution in [3.8, 4) is 16.9 Å². The van der Waals surface area contributed by atoms with Gasteiger partial charge >= 0.3 is 5.97 Å². The molecule has 3 aromatic rings. The lowest BCUT2D eigenvalue weighted by Gasteiger charge is -2.32. The van der Waals surface area contributed by atoms with Crippen molar-refractivity contribution >= 4 is 23.5 Å². The molecule has 1 aliphatic heterocycles. The van der Waals surface area contributed by atoms with Crippen LogP contribution in [0.3, 0.4) is 0 Å². The lowest BCUT2D eigenvalue weighted by molar-refractivity contribution is -0.127. The summed E-state index contributed by atoms with van der Waals surface area (Å²) in [5, 5.41) is 0.690.